The SMILES string of the molecule is CCCC1(CCC)c2cc(-c3cc[n+](C)cc3)ccc2-c2ccc(-c3cc[n+](C)cc3)cc21. The van der Waals surface area contributed by atoms with E-state index in [0.29, 0.717) is 0 Å². The van der Waals surface area contributed by atoms with E-state index < -0.39 is 0 Å². The third kappa shape index (κ3) is 3.68. The fourth-order valence-corrected chi connectivity index (χ4v) is 5.76. The smallest absolute Gasteiger partial charge is 0.169 e. The van der Waals surface area contributed by atoms with Gasteiger partial charge in [0.25, 0.3) is 0 Å². The third-order valence-corrected chi connectivity index (χ3v) is 7.34. The molecule has 2 aromatic carbocycles. The van der Waals surface area contributed by atoms with Gasteiger partial charge in [-0.2, -0.15) is 0 Å². The number of rotatable bonds is 6. The van der Waals surface area contributed by atoms with Crippen LogP contribution < -0.4 is 9.13 Å². The molecule has 4 aromatic rings. The molecule has 1 aliphatic rings. The second kappa shape index (κ2) is 8.59. The van der Waals surface area contributed by atoms with Gasteiger partial charge in [-0.25, -0.2) is 9.13 Å². The molecule has 2 heterocycles. The van der Waals surface area contributed by atoms with Crippen molar-refractivity contribution >= 4 is 0 Å². The lowest BCUT2D eigenvalue weighted by molar-refractivity contribution is -0.671. The Morgan fingerprint density at radius 3 is 1.30 bits per heavy atom. The lowest BCUT2D eigenvalue weighted by Crippen LogP contribution is -2.26. The highest BCUT2D eigenvalue weighted by Crippen LogP contribution is 2.55. The van der Waals surface area contributed by atoms with Gasteiger partial charge in [-0.15, -0.1) is 0 Å². The summed E-state index contributed by atoms with van der Waals surface area (Å²) < 4.78 is 4.19. The molecule has 0 fully saturated rings. The zero-order valence-corrected chi connectivity index (χ0v) is 20.3. The Balaban J connectivity index is 1.69. The second-order valence-electron chi connectivity index (χ2n) is 9.61. The largest absolute Gasteiger partial charge is 0.208 e. The van der Waals surface area contributed by atoms with Gasteiger partial charge in [-0.3, -0.25) is 0 Å². The van der Waals surface area contributed by atoms with Crippen LogP contribution in [-0.2, 0) is 19.5 Å². The van der Waals surface area contributed by atoms with Crippen molar-refractivity contribution in [1.29, 1.82) is 0 Å². The molecule has 0 spiro atoms. The van der Waals surface area contributed by atoms with Gasteiger partial charge < -0.3 is 0 Å². The quantitative estimate of drug-likeness (QED) is 0.305. The highest BCUT2D eigenvalue weighted by atomic mass is 14.9. The lowest BCUT2D eigenvalue weighted by Gasteiger charge is -2.32. The first-order valence-electron chi connectivity index (χ1n) is 12.3. The van der Waals surface area contributed by atoms with Crippen molar-refractivity contribution in [1.82, 2.24) is 0 Å². The number of benzene rings is 2. The zero-order valence-electron chi connectivity index (χ0n) is 20.3. The summed E-state index contributed by atoms with van der Waals surface area (Å²) in [6.07, 6.45) is 13.3. The van der Waals surface area contributed by atoms with Gasteiger partial charge in [-0.05, 0) is 69.5 Å². The van der Waals surface area contributed by atoms with Gasteiger partial charge >= 0.3 is 0 Å². The monoisotopic (exact) mass is 434 g/mol. The van der Waals surface area contributed by atoms with Crippen LogP contribution in [0.2, 0.25) is 0 Å². The van der Waals surface area contributed by atoms with E-state index in [1.165, 1.54) is 70.2 Å². The molecule has 0 bridgehead atoms. The molecule has 0 unspecified atom stereocenters. The summed E-state index contributed by atoms with van der Waals surface area (Å²) >= 11 is 0. The summed E-state index contributed by atoms with van der Waals surface area (Å²) in [5.41, 5.74) is 11.2. The minimum Gasteiger partial charge on any atom is -0.208 e. The van der Waals surface area contributed by atoms with E-state index in [1.807, 2.05) is 0 Å². The highest BCUT2D eigenvalue weighted by molar-refractivity contribution is 5.86. The van der Waals surface area contributed by atoms with Crippen LogP contribution >= 0.6 is 0 Å². The molecule has 0 saturated heterocycles. The molecule has 0 atom stereocenters. The standard InChI is InChI=1S/C31H34N2/c1-5-15-31(16-6-2)29-21-25(23-11-17-32(3)18-12-23)7-9-27(29)28-10-8-26(22-30(28)31)24-13-19-33(4)20-14-24/h7-14,17-22H,5-6,15-16H2,1-4H3/q+2. The third-order valence-electron chi connectivity index (χ3n) is 7.34. The topological polar surface area (TPSA) is 7.76 Å². The van der Waals surface area contributed by atoms with Crippen LogP contribution in [0.25, 0.3) is 33.4 Å². The summed E-state index contributed by atoms with van der Waals surface area (Å²) in [7, 11) is 4.14. The van der Waals surface area contributed by atoms with E-state index in [-0.39, 0.29) is 5.41 Å². The van der Waals surface area contributed by atoms with Crippen LogP contribution in [0.4, 0.5) is 0 Å². The molecule has 33 heavy (non-hydrogen) atoms. The molecule has 2 aromatic heterocycles. The lowest BCUT2D eigenvalue weighted by atomic mass is 9.71. The number of fused-ring (bicyclic) bond motifs is 3. The maximum Gasteiger partial charge on any atom is 0.169 e. The average molecular weight is 435 g/mol. The van der Waals surface area contributed by atoms with E-state index in [1.54, 1.807) is 0 Å². The molecule has 2 heteroatoms. The first kappa shape index (κ1) is 21.6. The minimum absolute atomic E-state index is 0.0824. The van der Waals surface area contributed by atoms with Crippen molar-refractivity contribution in [2.75, 3.05) is 0 Å². The molecule has 5 rings (SSSR count). The Morgan fingerprint density at radius 1 is 0.545 bits per heavy atom. The molecule has 166 valence electrons. The maximum atomic E-state index is 2.48. The molecule has 0 N–H and O–H groups in total. The fraction of sp³-hybridized carbons (Fsp3) is 0.290. The predicted octanol–water partition coefficient (Wildman–Crippen LogP) is 6.54. The van der Waals surface area contributed by atoms with Gasteiger partial charge in [0.2, 0.25) is 0 Å². The van der Waals surface area contributed by atoms with Crippen LogP contribution in [0.15, 0.2) is 85.5 Å². The Labute approximate surface area is 198 Å². The Hall–Kier alpha value is -3.26. The minimum atomic E-state index is 0.0824. The Bertz CT molecular complexity index is 1180. The van der Waals surface area contributed by atoms with Gasteiger partial charge in [0.1, 0.15) is 14.1 Å². The molecule has 2 nitrogen and oxygen atoms in total. The molecule has 0 amide bonds. The van der Waals surface area contributed by atoms with Gasteiger partial charge in [0.15, 0.2) is 24.8 Å². The van der Waals surface area contributed by atoms with Crippen molar-refractivity contribution in [3.05, 3.63) is 96.6 Å². The number of hydrogen-bond donors (Lipinski definition) is 0. The Morgan fingerprint density at radius 2 is 0.939 bits per heavy atom. The van der Waals surface area contributed by atoms with Crippen molar-refractivity contribution < 1.29 is 9.13 Å². The van der Waals surface area contributed by atoms with Gasteiger partial charge in [0.05, 0.1) is 0 Å². The molecule has 0 aliphatic heterocycles. The number of nitrogens with zero attached hydrogens (tertiary/aromatic N) is 2. The van der Waals surface area contributed by atoms with E-state index >= 15 is 0 Å². The second-order valence-corrected chi connectivity index (χ2v) is 9.61. The molecule has 1 aliphatic carbocycles. The van der Waals surface area contributed by atoms with Crippen molar-refractivity contribution in [3.63, 3.8) is 0 Å². The van der Waals surface area contributed by atoms with Crippen LogP contribution in [0.3, 0.4) is 0 Å². The first-order chi connectivity index (χ1) is 16.1. The maximum absolute atomic E-state index is 2.48. The normalized spacial score (nSPS) is 13.6. The van der Waals surface area contributed by atoms with Crippen molar-refractivity contribution in [2.24, 2.45) is 14.1 Å². The van der Waals surface area contributed by atoms with E-state index in [2.05, 4.69) is 123 Å². The number of hydrogen-bond acceptors (Lipinski definition) is 0. The number of aromatic nitrogens is 2. The van der Waals surface area contributed by atoms with Crippen molar-refractivity contribution in [3.8, 4) is 33.4 Å². The number of aryl methyl sites for hydroxylation is 2. The molecule has 0 saturated carbocycles. The number of pyridine rings is 2. The van der Waals surface area contributed by atoms with Crippen molar-refractivity contribution in [2.45, 2.75) is 44.9 Å². The van der Waals surface area contributed by atoms with Crippen LogP contribution in [0.1, 0.15) is 50.7 Å². The van der Waals surface area contributed by atoms with Gasteiger partial charge in [-0.1, -0.05) is 51.0 Å². The summed E-state index contributed by atoms with van der Waals surface area (Å²) in [5, 5.41) is 0. The van der Waals surface area contributed by atoms with E-state index in [9.17, 15) is 0 Å². The summed E-state index contributed by atoms with van der Waals surface area (Å²) in [6, 6.07) is 23.2. The van der Waals surface area contributed by atoms with Crippen LogP contribution in [0, 0.1) is 0 Å². The summed E-state index contributed by atoms with van der Waals surface area (Å²) in [6.45, 7) is 4.66. The van der Waals surface area contributed by atoms with E-state index in [4.69, 9.17) is 0 Å². The van der Waals surface area contributed by atoms with E-state index in [0.717, 1.165) is 0 Å². The summed E-state index contributed by atoms with van der Waals surface area (Å²) in [4.78, 5) is 0. The fourth-order valence-electron chi connectivity index (χ4n) is 5.76. The van der Waals surface area contributed by atoms with Crippen LogP contribution in [0.5, 0.6) is 0 Å². The Kier molecular flexibility index (Phi) is 5.62. The predicted molar refractivity (Wildman–Crippen MR) is 136 cm³/mol. The van der Waals surface area contributed by atoms with Gasteiger partial charge in [0, 0.05) is 29.7 Å². The average Bonchev–Trinajstić information content (AvgIpc) is 3.09. The zero-order chi connectivity index (χ0) is 23.0. The summed E-state index contributed by atoms with van der Waals surface area (Å²) in [5.74, 6) is 0. The molecule has 0 radical (unpaired) electrons. The highest BCUT2D eigenvalue weighted by Gasteiger charge is 2.42. The first-order valence-corrected chi connectivity index (χ1v) is 12.3. The molecular weight excluding hydrogens is 400 g/mol. The van der Waals surface area contributed by atoms with Crippen LogP contribution in [-0.4, -0.2) is 0 Å². The molecular formula is C31H34N2+2.